The van der Waals surface area contributed by atoms with Crippen LogP contribution in [0.4, 0.5) is 9.18 Å². The van der Waals surface area contributed by atoms with Gasteiger partial charge >= 0.3 is 6.09 Å². The number of nitrogens with one attached hydrogen (secondary N) is 2. The quantitative estimate of drug-likeness (QED) is 0.393. The van der Waals surface area contributed by atoms with Gasteiger partial charge in [0.1, 0.15) is 22.1 Å². The van der Waals surface area contributed by atoms with Crippen LogP contribution in [0.25, 0.3) is 22.6 Å². The minimum absolute atomic E-state index is 0.0341. The number of sulfonamides is 1. The third kappa shape index (κ3) is 5.91. The highest BCUT2D eigenvalue weighted by Gasteiger charge is 2.38. The van der Waals surface area contributed by atoms with E-state index in [-0.39, 0.29) is 28.9 Å². The van der Waals surface area contributed by atoms with Crippen molar-refractivity contribution in [2.75, 3.05) is 19.6 Å². The summed E-state index contributed by atoms with van der Waals surface area (Å²) < 4.78 is 47.3. The standard InChI is InChI=1S/C24H25BrClFN4O4S/c1-24(2,3)35-23(32)29-10-14-12-31(13-14)36(33,34)21-9-16(5-7-18(21)26)22-28-11-20(30-22)15-4-6-17(25)19(27)8-15/h4-9,11,14H,10,12-13H2,1-3H3,(H,28,30)(H,29,32). The van der Waals surface area contributed by atoms with Crippen molar-refractivity contribution in [3.05, 3.63) is 57.9 Å². The zero-order valence-electron chi connectivity index (χ0n) is 19.8. The number of H-pyrrole nitrogens is 1. The summed E-state index contributed by atoms with van der Waals surface area (Å²) >= 11 is 9.40. The van der Waals surface area contributed by atoms with Gasteiger partial charge in [0.05, 0.1) is 21.4 Å². The van der Waals surface area contributed by atoms with E-state index in [0.29, 0.717) is 33.7 Å². The van der Waals surface area contributed by atoms with Gasteiger partial charge < -0.3 is 15.0 Å². The monoisotopic (exact) mass is 598 g/mol. The summed E-state index contributed by atoms with van der Waals surface area (Å²) in [6.45, 7) is 6.11. The molecule has 0 spiro atoms. The minimum atomic E-state index is -3.86. The lowest BCUT2D eigenvalue weighted by Gasteiger charge is -2.38. The molecule has 0 saturated carbocycles. The van der Waals surface area contributed by atoms with Crippen molar-refractivity contribution < 1.29 is 22.3 Å². The predicted molar refractivity (Wildman–Crippen MR) is 139 cm³/mol. The van der Waals surface area contributed by atoms with E-state index in [1.807, 2.05) is 0 Å². The summed E-state index contributed by atoms with van der Waals surface area (Å²) in [7, 11) is -3.86. The van der Waals surface area contributed by atoms with Crippen LogP contribution in [-0.2, 0) is 14.8 Å². The Bertz CT molecular complexity index is 1400. The van der Waals surface area contributed by atoms with Gasteiger partial charge in [-0.05, 0) is 67.0 Å². The number of carbonyl (C=O) groups excluding carboxylic acids is 1. The van der Waals surface area contributed by atoms with Gasteiger partial charge in [-0.1, -0.05) is 17.7 Å². The molecule has 1 aliphatic rings. The molecule has 1 aliphatic heterocycles. The molecule has 0 bridgehead atoms. The number of hydrogen-bond acceptors (Lipinski definition) is 5. The van der Waals surface area contributed by atoms with Crippen molar-refractivity contribution >= 4 is 43.6 Å². The fourth-order valence-electron chi connectivity index (χ4n) is 3.66. The largest absolute Gasteiger partial charge is 0.444 e. The highest BCUT2D eigenvalue weighted by atomic mass is 79.9. The third-order valence-corrected chi connectivity index (χ3v) is 8.44. The number of rotatable bonds is 6. The van der Waals surface area contributed by atoms with Gasteiger partial charge in [0.2, 0.25) is 10.0 Å². The van der Waals surface area contributed by atoms with Crippen molar-refractivity contribution in [1.29, 1.82) is 0 Å². The van der Waals surface area contributed by atoms with Gasteiger partial charge in [0.25, 0.3) is 0 Å². The number of aromatic nitrogens is 2. The fraction of sp³-hybridized carbons (Fsp3) is 0.333. The molecule has 8 nitrogen and oxygen atoms in total. The number of carbonyl (C=O) groups is 1. The molecule has 2 heterocycles. The first-order valence-electron chi connectivity index (χ1n) is 11.1. The van der Waals surface area contributed by atoms with Crippen LogP contribution in [0.3, 0.4) is 0 Å². The second kappa shape index (κ2) is 10.1. The maximum absolute atomic E-state index is 13.9. The fourth-order valence-corrected chi connectivity index (χ4v) is 5.99. The Hall–Kier alpha value is -2.47. The first-order chi connectivity index (χ1) is 16.8. The maximum atomic E-state index is 13.9. The van der Waals surface area contributed by atoms with Crippen LogP contribution < -0.4 is 5.32 Å². The SMILES string of the molecule is CC(C)(C)OC(=O)NCC1CN(S(=O)(=O)c2cc(-c3ncc(-c4ccc(Br)c(F)c4)[nH]3)ccc2Cl)C1. The normalized spacial score (nSPS) is 14.9. The molecule has 1 aromatic heterocycles. The van der Waals surface area contributed by atoms with Crippen molar-refractivity contribution in [1.82, 2.24) is 19.6 Å². The lowest BCUT2D eigenvalue weighted by molar-refractivity contribution is 0.0503. The van der Waals surface area contributed by atoms with Crippen LogP contribution in [0.1, 0.15) is 20.8 Å². The average Bonchev–Trinajstić information content (AvgIpc) is 3.23. The van der Waals surface area contributed by atoms with Crippen molar-refractivity contribution in [2.45, 2.75) is 31.3 Å². The molecule has 12 heteroatoms. The maximum Gasteiger partial charge on any atom is 0.407 e. The molecule has 4 rings (SSSR count). The number of alkyl carbamates (subject to hydrolysis) is 1. The van der Waals surface area contributed by atoms with Crippen LogP contribution in [0.15, 0.2) is 52.0 Å². The third-order valence-electron chi connectivity index (χ3n) is 5.49. The molecule has 1 fully saturated rings. The molecule has 36 heavy (non-hydrogen) atoms. The molecule has 0 atom stereocenters. The van der Waals surface area contributed by atoms with E-state index >= 15 is 0 Å². The first-order valence-corrected chi connectivity index (χ1v) is 13.7. The average molecular weight is 600 g/mol. The van der Waals surface area contributed by atoms with Crippen molar-refractivity contribution in [2.24, 2.45) is 5.92 Å². The van der Waals surface area contributed by atoms with Gasteiger partial charge in [-0.25, -0.2) is 22.6 Å². The highest BCUT2D eigenvalue weighted by molar-refractivity contribution is 9.10. The molecule has 1 saturated heterocycles. The molecular formula is C24H25BrClFN4O4S. The van der Waals surface area contributed by atoms with E-state index in [1.165, 1.54) is 22.5 Å². The molecule has 0 radical (unpaired) electrons. The Balaban J connectivity index is 1.46. The molecule has 0 aliphatic carbocycles. The number of hydrogen-bond donors (Lipinski definition) is 2. The van der Waals surface area contributed by atoms with Crippen LogP contribution in [0, 0.1) is 11.7 Å². The Morgan fingerprint density at radius 3 is 2.61 bits per heavy atom. The Labute approximate surface area is 222 Å². The van der Waals surface area contributed by atoms with E-state index in [0.717, 1.165) is 0 Å². The van der Waals surface area contributed by atoms with Gasteiger partial charge in [-0.3, -0.25) is 0 Å². The number of benzene rings is 2. The molecule has 0 unspecified atom stereocenters. The number of imidazole rings is 1. The summed E-state index contributed by atoms with van der Waals surface area (Å²) in [6, 6.07) is 9.34. The zero-order chi connectivity index (χ0) is 26.3. The second-order valence-electron chi connectivity index (χ2n) is 9.49. The van der Waals surface area contributed by atoms with Crippen LogP contribution in [0.2, 0.25) is 5.02 Å². The van der Waals surface area contributed by atoms with Crippen LogP contribution >= 0.6 is 27.5 Å². The Morgan fingerprint density at radius 1 is 1.25 bits per heavy atom. The topological polar surface area (TPSA) is 104 Å². The lowest BCUT2D eigenvalue weighted by Crippen LogP contribution is -2.53. The number of aromatic amines is 1. The molecule has 1 amide bonds. The van der Waals surface area contributed by atoms with E-state index < -0.39 is 27.5 Å². The summed E-state index contributed by atoms with van der Waals surface area (Å²) in [5.41, 5.74) is 1.09. The molecule has 2 aromatic carbocycles. The molecular weight excluding hydrogens is 575 g/mol. The van der Waals surface area contributed by atoms with E-state index in [2.05, 4.69) is 31.2 Å². The zero-order valence-corrected chi connectivity index (χ0v) is 23.0. The van der Waals surface area contributed by atoms with Gasteiger partial charge in [-0.15, -0.1) is 0 Å². The smallest absolute Gasteiger partial charge is 0.407 e. The highest BCUT2D eigenvalue weighted by Crippen LogP contribution is 2.33. The molecule has 192 valence electrons. The number of nitrogens with zero attached hydrogens (tertiary/aromatic N) is 2. The Kier molecular flexibility index (Phi) is 7.47. The van der Waals surface area contributed by atoms with E-state index in [1.54, 1.807) is 45.2 Å². The van der Waals surface area contributed by atoms with E-state index in [4.69, 9.17) is 16.3 Å². The summed E-state index contributed by atoms with van der Waals surface area (Å²) in [6.07, 6.45) is 1.02. The summed E-state index contributed by atoms with van der Waals surface area (Å²) in [5.74, 6) is -0.0182. The first kappa shape index (κ1) is 26.6. The van der Waals surface area contributed by atoms with Crippen LogP contribution in [-0.4, -0.2) is 54.0 Å². The number of amides is 1. The van der Waals surface area contributed by atoms with E-state index in [9.17, 15) is 17.6 Å². The minimum Gasteiger partial charge on any atom is -0.444 e. The van der Waals surface area contributed by atoms with Crippen molar-refractivity contribution in [3.63, 3.8) is 0 Å². The summed E-state index contributed by atoms with van der Waals surface area (Å²) in [4.78, 5) is 19.2. The summed E-state index contributed by atoms with van der Waals surface area (Å²) in [5, 5.41) is 2.76. The van der Waals surface area contributed by atoms with Gasteiger partial charge in [0.15, 0.2) is 0 Å². The van der Waals surface area contributed by atoms with Crippen molar-refractivity contribution in [3.8, 4) is 22.6 Å². The van der Waals surface area contributed by atoms with Gasteiger partial charge in [-0.2, -0.15) is 4.31 Å². The lowest BCUT2D eigenvalue weighted by atomic mass is 10.0. The van der Waals surface area contributed by atoms with Gasteiger partial charge in [0, 0.05) is 36.7 Å². The molecule has 3 aromatic rings. The second-order valence-corrected chi connectivity index (χ2v) is 12.7. The molecule has 2 N–H and O–H groups in total. The number of ether oxygens (including phenoxy) is 1. The Morgan fingerprint density at radius 2 is 1.94 bits per heavy atom. The van der Waals surface area contributed by atoms with Crippen LogP contribution in [0.5, 0.6) is 0 Å². The predicted octanol–water partition coefficient (Wildman–Crippen LogP) is 5.44. The number of halogens is 3.